The first kappa shape index (κ1) is 18.6. The summed E-state index contributed by atoms with van der Waals surface area (Å²) < 4.78 is 6.75. The third kappa shape index (κ3) is 3.75. The van der Waals surface area contributed by atoms with E-state index in [0.29, 0.717) is 6.04 Å². The maximum atomic E-state index is 6.75. The van der Waals surface area contributed by atoms with Crippen LogP contribution in [-0.2, 0) is 13.1 Å². The van der Waals surface area contributed by atoms with Gasteiger partial charge in [0.25, 0.3) is 0 Å². The van der Waals surface area contributed by atoms with Crippen molar-refractivity contribution in [3.63, 3.8) is 0 Å². The Balaban J connectivity index is 1.47. The molecule has 1 saturated carbocycles. The Morgan fingerprint density at radius 3 is 2.76 bits per heavy atom. The van der Waals surface area contributed by atoms with Crippen LogP contribution in [0.25, 0.3) is 10.9 Å². The van der Waals surface area contributed by atoms with E-state index in [1.807, 2.05) is 12.3 Å². The number of hydrogen-bond donors (Lipinski definition) is 1. The molecule has 4 nitrogen and oxygen atoms in total. The standard InChI is InChI=1S/C25H29N3O/c1-26-22-11-13-25(14-12-22)18-28(16-20-6-2-3-10-23(20)29-25)17-21-8-4-7-19-9-5-15-27-24(19)21/h2-10,15,22,26H,11-14,16-18H2,1H3. The second kappa shape index (κ2) is 7.77. The van der Waals surface area contributed by atoms with Crippen LogP contribution in [0.4, 0.5) is 0 Å². The minimum atomic E-state index is -0.0992. The molecule has 2 aromatic carbocycles. The van der Waals surface area contributed by atoms with Crippen molar-refractivity contribution in [3.05, 3.63) is 71.9 Å². The number of aromatic nitrogens is 1. The molecule has 0 bridgehead atoms. The first-order valence-corrected chi connectivity index (χ1v) is 10.7. The lowest BCUT2D eigenvalue weighted by Gasteiger charge is -2.41. The quantitative estimate of drug-likeness (QED) is 0.716. The highest BCUT2D eigenvalue weighted by Gasteiger charge is 2.40. The summed E-state index contributed by atoms with van der Waals surface area (Å²) in [6.07, 6.45) is 6.42. The number of hydrogen-bond acceptors (Lipinski definition) is 4. The zero-order valence-electron chi connectivity index (χ0n) is 17.1. The summed E-state index contributed by atoms with van der Waals surface area (Å²) in [7, 11) is 2.08. The molecule has 4 heteroatoms. The Kier molecular flexibility index (Phi) is 4.98. The highest BCUT2D eigenvalue weighted by Crippen LogP contribution is 2.38. The van der Waals surface area contributed by atoms with E-state index in [4.69, 9.17) is 4.74 Å². The van der Waals surface area contributed by atoms with E-state index in [1.165, 1.54) is 29.4 Å². The summed E-state index contributed by atoms with van der Waals surface area (Å²) in [6.45, 7) is 2.77. The van der Waals surface area contributed by atoms with Gasteiger partial charge in [0, 0.05) is 42.8 Å². The Hall–Kier alpha value is -2.43. The molecule has 1 N–H and O–H groups in total. The van der Waals surface area contributed by atoms with Gasteiger partial charge in [-0.25, -0.2) is 0 Å². The zero-order valence-corrected chi connectivity index (χ0v) is 17.1. The molecular weight excluding hydrogens is 358 g/mol. The molecule has 3 aromatic rings. The largest absolute Gasteiger partial charge is 0.486 e. The average molecular weight is 388 g/mol. The summed E-state index contributed by atoms with van der Waals surface area (Å²) >= 11 is 0. The molecule has 1 fully saturated rings. The van der Waals surface area contributed by atoms with E-state index in [1.54, 1.807) is 0 Å². The lowest BCUT2D eigenvalue weighted by atomic mass is 9.81. The molecule has 1 spiro atoms. The molecule has 0 unspecified atom stereocenters. The second-order valence-electron chi connectivity index (χ2n) is 8.59. The summed E-state index contributed by atoms with van der Waals surface area (Å²) in [5, 5.41) is 4.66. The lowest BCUT2D eigenvalue weighted by molar-refractivity contribution is -0.00314. The fourth-order valence-corrected chi connectivity index (χ4v) is 5.04. The number of pyridine rings is 1. The topological polar surface area (TPSA) is 37.4 Å². The van der Waals surface area contributed by atoms with Gasteiger partial charge < -0.3 is 10.1 Å². The number of rotatable bonds is 3. The Bertz CT molecular complexity index is 989. The zero-order chi connectivity index (χ0) is 19.7. The van der Waals surface area contributed by atoms with Crippen molar-refractivity contribution < 1.29 is 4.74 Å². The van der Waals surface area contributed by atoms with Gasteiger partial charge in [0.2, 0.25) is 0 Å². The van der Waals surface area contributed by atoms with E-state index in [2.05, 4.69) is 70.8 Å². The van der Waals surface area contributed by atoms with E-state index < -0.39 is 0 Å². The second-order valence-corrected chi connectivity index (χ2v) is 8.59. The highest BCUT2D eigenvalue weighted by molar-refractivity contribution is 5.81. The van der Waals surface area contributed by atoms with Crippen LogP contribution >= 0.6 is 0 Å². The van der Waals surface area contributed by atoms with Crippen molar-refractivity contribution in [2.24, 2.45) is 0 Å². The minimum Gasteiger partial charge on any atom is -0.486 e. The fraction of sp³-hybridized carbons (Fsp3) is 0.400. The Morgan fingerprint density at radius 1 is 1.07 bits per heavy atom. The van der Waals surface area contributed by atoms with Crippen LogP contribution in [0.1, 0.15) is 36.8 Å². The van der Waals surface area contributed by atoms with Crippen LogP contribution in [0.3, 0.4) is 0 Å². The van der Waals surface area contributed by atoms with Crippen molar-refractivity contribution in [1.29, 1.82) is 0 Å². The molecule has 1 aromatic heterocycles. The van der Waals surface area contributed by atoms with Gasteiger partial charge in [-0.05, 0) is 50.4 Å². The number of para-hydroxylation sites is 2. The van der Waals surface area contributed by atoms with Crippen LogP contribution in [0.5, 0.6) is 5.75 Å². The number of ether oxygens (including phenoxy) is 1. The molecule has 1 aliphatic carbocycles. The van der Waals surface area contributed by atoms with Gasteiger partial charge in [-0.1, -0.05) is 42.5 Å². The molecule has 0 saturated heterocycles. The third-order valence-electron chi connectivity index (χ3n) is 6.62. The van der Waals surface area contributed by atoms with Gasteiger partial charge in [0.1, 0.15) is 11.4 Å². The molecule has 0 amide bonds. The fourth-order valence-electron chi connectivity index (χ4n) is 5.04. The summed E-state index contributed by atoms with van der Waals surface area (Å²) in [4.78, 5) is 7.24. The predicted molar refractivity (Wildman–Crippen MR) is 117 cm³/mol. The summed E-state index contributed by atoms with van der Waals surface area (Å²) in [5.74, 6) is 1.06. The maximum absolute atomic E-state index is 6.75. The van der Waals surface area contributed by atoms with Crippen molar-refractivity contribution >= 4 is 10.9 Å². The normalized spacial score (nSPS) is 24.8. The predicted octanol–water partition coefficient (Wildman–Crippen LogP) is 4.53. The molecule has 29 heavy (non-hydrogen) atoms. The number of fused-ring (bicyclic) bond motifs is 2. The van der Waals surface area contributed by atoms with Gasteiger partial charge in [-0.2, -0.15) is 0 Å². The van der Waals surface area contributed by atoms with E-state index in [0.717, 1.165) is 43.7 Å². The average Bonchev–Trinajstić information content (AvgIpc) is 2.90. The molecule has 0 atom stereocenters. The molecule has 1 aliphatic heterocycles. The minimum absolute atomic E-state index is 0.0992. The number of nitrogens with zero attached hydrogens (tertiary/aromatic N) is 2. The van der Waals surface area contributed by atoms with Gasteiger partial charge in [-0.15, -0.1) is 0 Å². The van der Waals surface area contributed by atoms with Crippen LogP contribution in [0, 0.1) is 0 Å². The Labute approximate surface area is 172 Å². The molecule has 0 radical (unpaired) electrons. The van der Waals surface area contributed by atoms with Gasteiger partial charge in [-0.3, -0.25) is 9.88 Å². The van der Waals surface area contributed by atoms with Crippen LogP contribution in [0.15, 0.2) is 60.8 Å². The SMILES string of the molecule is CNC1CCC2(CC1)CN(Cc1cccc3cccnc13)Cc1ccccc1O2. The number of benzene rings is 2. The smallest absolute Gasteiger partial charge is 0.124 e. The molecule has 150 valence electrons. The third-order valence-corrected chi connectivity index (χ3v) is 6.62. The monoisotopic (exact) mass is 387 g/mol. The molecule has 2 aliphatic rings. The van der Waals surface area contributed by atoms with Gasteiger partial charge >= 0.3 is 0 Å². The van der Waals surface area contributed by atoms with E-state index >= 15 is 0 Å². The summed E-state index contributed by atoms with van der Waals surface area (Å²) in [5.41, 5.74) is 3.59. The van der Waals surface area contributed by atoms with Crippen molar-refractivity contribution in [2.75, 3.05) is 13.6 Å². The van der Waals surface area contributed by atoms with Gasteiger partial charge in [0.05, 0.1) is 5.52 Å². The molecule has 2 heterocycles. The van der Waals surface area contributed by atoms with Crippen molar-refractivity contribution in [3.8, 4) is 5.75 Å². The van der Waals surface area contributed by atoms with E-state index in [9.17, 15) is 0 Å². The van der Waals surface area contributed by atoms with Crippen LogP contribution < -0.4 is 10.1 Å². The van der Waals surface area contributed by atoms with Crippen molar-refractivity contribution in [2.45, 2.75) is 50.4 Å². The van der Waals surface area contributed by atoms with Crippen LogP contribution in [0.2, 0.25) is 0 Å². The lowest BCUT2D eigenvalue weighted by Crippen LogP contribution is -2.50. The van der Waals surface area contributed by atoms with Crippen molar-refractivity contribution in [1.82, 2.24) is 15.2 Å². The maximum Gasteiger partial charge on any atom is 0.124 e. The highest BCUT2D eigenvalue weighted by atomic mass is 16.5. The summed E-state index contributed by atoms with van der Waals surface area (Å²) in [6, 6.07) is 19.8. The molecule has 5 rings (SSSR count). The first-order chi connectivity index (χ1) is 14.2. The van der Waals surface area contributed by atoms with Gasteiger partial charge in [0.15, 0.2) is 0 Å². The Morgan fingerprint density at radius 2 is 1.90 bits per heavy atom. The first-order valence-electron chi connectivity index (χ1n) is 10.7. The number of nitrogens with one attached hydrogen (secondary N) is 1. The van der Waals surface area contributed by atoms with E-state index in [-0.39, 0.29) is 5.60 Å². The molecular formula is C25H29N3O. The van der Waals surface area contributed by atoms with Crippen LogP contribution in [-0.4, -0.2) is 35.1 Å².